The van der Waals surface area contributed by atoms with E-state index in [1.807, 2.05) is 0 Å². The van der Waals surface area contributed by atoms with Gasteiger partial charge in [0.1, 0.15) is 0 Å². The molecular weight excluding hydrogens is 216 g/mol. The van der Waals surface area contributed by atoms with Crippen molar-refractivity contribution in [2.45, 2.75) is 18.3 Å². The zero-order valence-electron chi connectivity index (χ0n) is 6.99. The summed E-state index contributed by atoms with van der Waals surface area (Å²) < 4.78 is 71.7. The minimum Gasteiger partial charge on any atom is -0.342 e. The number of halogens is 6. The number of carbonyl (C=O) groups excluding carboxylic acids is 1. The molecule has 0 aliphatic heterocycles. The first-order valence-corrected chi connectivity index (χ1v) is 3.35. The number of hydrogen-bond donors (Lipinski definition) is 0. The lowest BCUT2D eigenvalue weighted by atomic mass is 10.2. The fraction of sp³-hybridized carbons (Fsp3) is 0.833. The highest BCUT2D eigenvalue weighted by Crippen LogP contribution is 2.34. The Morgan fingerprint density at radius 1 is 1.29 bits per heavy atom. The Morgan fingerprint density at radius 3 is 2.00 bits per heavy atom. The molecule has 2 nitrogen and oxygen atoms in total. The minimum atomic E-state index is -5.63. The molecule has 0 fully saturated rings. The van der Waals surface area contributed by atoms with Crippen LogP contribution in [0.2, 0.25) is 0 Å². The van der Waals surface area contributed by atoms with Crippen molar-refractivity contribution in [2.24, 2.45) is 0 Å². The summed E-state index contributed by atoms with van der Waals surface area (Å²) in [6.07, 6.45) is -10.0. The molecule has 0 spiro atoms. The van der Waals surface area contributed by atoms with Gasteiger partial charge < -0.3 is 4.90 Å². The number of alkyl halides is 6. The molecule has 84 valence electrons. The summed E-state index contributed by atoms with van der Waals surface area (Å²) in [4.78, 5) is 10.1. The molecule has 0 aromatic heterocycles. The third-order valence-electron chi connectivity index (χ3n) is 1.30. The van der Waals surface area contributed by atoms with Crippen molar-refractivity contribution < 1.29 is 31.1 Å². The summed E-state index contributed by atoms with van der Waals surface area (Å²) in [5.74, 6) is -4.63. The van der Waals surface area contributed by atoms with Crippen LogP contribution in [0.15, 0.2) is 0 Å². The lowest BCUT2D eigenvalue weighted by Crippen LogP contribution is -2.48. The predicted octanol–water partition coefficient (Wildman–Crippen LogP) is 1.61. The van der Waals surface area contributed by atoms with Gasteiger partial charge in [-0.25, -0.2) is 13.2 Å². The first kappa shape index (κ1) is 13.0. The van der Waals surface area contributed by atoms with E-state index in [2.05, 4.69) is 0 Å². The Kier molecular flexibility index (Phi) is 3.78. The second-order valence-corrected chi connectivity index (χ2v) is 2.69. The van der Waals surface area contributed by atoms with Crippen LogP contribution >= 0.6 is 0 Å². The standard InChI is InChI=1S/C6H7F6NO/c1-13(3-14)2-5(8,9)4(7)6(10,11)12/h3-4H,2H2,1H3. The molecule has 0 saturated heterocycles. The second kappa shape index (κ2) is 4.05. The van der Waals surface area contributed by atoms with E-state index in [4.69, 9.17) is 0 Å². The van der Waals surface area contributed by atoms with Crippen LogP contribution in [-0.4, -0.2) is 43.2 Å². The fourth-order valence-corrected chi connectivity index (χ4v) is 0.689. The number of nitrogens with zero attached hydrogens (tertiary/aromatic N) is 1. The number of hydrogen-bond acceptors (Lipinski definition) is 1. The molecule has 0 radical (unpaired) electrons. The van der Waals surface area contributed by atoms with Crippen LogP contribution in [0, 0.1) is 0 Å². The third-order valence-corrected chi connectivity index (χ3v) is 1.30. The Hall–Kier alpha value is -0.950. The van der Waals surface area contributed by atoms with Crippen LogP contribution in [0.3, 0.4) is 0 Å². The summed E-state index contributed by atoms with van der Waals surface area (Å²) in [5.41, 5.74) is 0. The smallest absolute Gasteiger partial charge is 0.342 e. The maximum atomic E-state index is 12.5. The van der Waals surface area contributed by atoms with E-state index in [-0.39, 0.29) is 11.3 Å². The van der Waals surface area contributed by atoms with E-state index in [0.717, 1.165) is 7.05 Å². The van der Waals surface area contributed by atoms with Crippen molar-refractivity contribution in [2.75, 3.05) is 13.6 Å². The van der Waals surface area contributed by atoms with Crippen molar-refractivity contribution in [1.82, 2.24) is 4.90 Å². The maximum absolute atomic E-state index is 12.5. The van der Waals surface area contributed by atoms with Crippen molar-refractivity contribution in [3.8, 4) is 0 Å². The van der Waals surface area contributed by atoms with Crippen LogP contribution in [0.4, 0.5) is 26.3 Å². The quantitative estimate of drug-likeness (QED) is 0.523. The van der Waals surface area contributed by atoms with Crippen LogP contribution in [0.25, 0.3) is 0 Å². The van der Waals surface area contributed by atoms with E-state index in [0.29, 0.717) is 0 Å². The van der Waals surface area contributed by atoms with Crippen LogP contribution in [-0.2, 0) is 4.79 Å². The normalized spacial score (nSPS) is 15.1. The van der Waals surface area contributed by atoms with Crippen molar-refractivity contribution >= 4 is 6.41 Å². The van der Waals surface area contributed by atoms with Gasteiger partial charge in [0.15, 0.2) is 0 Å². The van der Waals surface area contributed by atoms with Gasteiger partial charge in [-0.3, -0.25) is 4.79 Å². The zero-order valence-corrected chi connectivity index (χ0v) is 6.99. The van der Waals surface area contributed by atoms with Gasteiger partial charge in [-0.2, -0.15) is 13.2 Å². The van der Waals surface area contributed by atoms with Crippen molar-refractivity contribution in [3.05, 3.63) is 0 Å². The molecule has 0 aliphatic rings. The Labute approximate surface area is 75.5 Å². The molecule has 0 aliphatic carbocycles. The molecule has 1 amide bonds. The molecule has 0 aromatic carbocycles. The van der Waals surface area contributed by atoms with Crippen molar-refractivity contribution in [3.63, 3.8) is 0 Å². The van der Waals surface area contributed by atoms with Crippen LogP contribution in [0.1, 0.15) is 0 Å². The molecule has 0 heterocycles. The van der Waals surface area contributed by atoms with Crippen molar-refractivity contribution in [1.29, 1.82) is 0 Å². The molecule has 1 atom stereocenters. The average molecular weight is 223 g/mol. The topological polar surface area (TPSA) is 20.3 Å². The minimum absolute atomic E-state index is 0.114. The molecule has 0 aromatic rings. The highest BCUT2D eigenvalue weighted by atomic mass is 19.4. The third kappa shape index (κ3) is 3.43. The van der Waals surface area contributed by atoms with E-state index < -0.39 is 24.8 Å². The van der Waals surface area contributed by atoms with Gasteiger partial charge in [-0.15, -0.1) is 0 Å². The first-order chi connectivity index (χ1) is 6.11. The summed E-state index contributed by atoms with van der Waals surface area (Å²) in [7, 11) is 0.823. The van der Waals surface area contributed by atoms with Gasteiger partial charge in [0.25, 0.3) is 6.17 Å². The van der Waals surface area contributed by atoms with E-state index in [9.17, 15) is 31.1 Å². The zero-order chi connectivity index (χ0) is 11.6. The molecular formula is C6H7F6NO. The highest BCUT2D eigenvalue weighted by molar-refractivity contribution is 5.46. The summed E-state index contributed by atoms with van der Waals surface area (Å²) in [6, 6.07) is 0. The van der Waals surface area contributed by atoms with E-state index in [1.165, 1.54) is 0 Å². The number of amides is 1. The molecule has 14 heavy (non-hydrogen) atoms. The Morgan fingerprint density at radius 2 is 1.71 bits per heavy atom. The van der Waals surface area contributed by atoms with E-state index >= 15 is 0 Å². The molecule has 1 unspecified atom stereocenters. The van der Waals surface area contributed by atoms with Gasteiger partial charge in [0, 0.05) is 7.05 Å². The largest absolute Gasteiger partial charge is 0.425 e. The summed E-state index contributed by atoms with van der Waals surface area (Å²) in [5, 5.41) is 0. The molecule has 0 saturated carbocycles. The SMILES string of the molecule is CN(C=O)CC(F)(F)C(F)C(F)(F)F. The van der Waals surface area contributed by atoms with E-state index in [1.54, 1.807) is 0 Å². The lowest BCUT2D eigenvalue weighted by Gasteiger charge is -2.25. The fourth-order valence-electron chi connectivity index (χ4n) is 0.689. The maximum Gasteiger partial charge on any atom is 0.425 e. The average Bonchev–Trinajstić information content (AvgIpc) is 2.00. The van der Waals surface area contributed by atoms with Gasteiger partial charge >= 0.3 is 12.1 Å². The van der Waals surface area contributed by atoms with Crippen LogP contribution in [0.5, 0.6) is 0 Å². The molecule has 0 bridgehead atoms. The lowest BCUT2D eigenvalue weighted by molar-refractivity contribution is -0.246. The highest BCUT2D eigenvalue weighted by Gasteiger charge is 2.57. The second-order valence-electron chi connectivity index (χ2n) is 2.69. The monoisotopic (exact) mass is 223 g/mol. The Bertz CT molecular complexity index is 203. The van der Waals surface area contributed by atoms with Crippen LogP contribution < -0.4 is 0 Å². The predicted molar refractivity (Wildman–Crippen MR) is 34.6 cm³/mol. The Balaban J connectivity index is 4.53. The van der Waals surface area contributed by atoms with Gasteiger partial charge in [0.05, 0.1) is 6.54 Å². The van der Waals surface area contributed by atoms with Gasteiger partial charge in [0.2, 0.25) is 6.41 Å². The summed E-state index contributed by atoms with van der Waals surface area (Å²) in [6.45, 7) is -1.61. The number of carbonyl (C=O) groups is 1. The molecule has 0 N–H and O–H groups in total. The van der Waals surface area contributed by atoms with Gasteiger partial charge in [-0.05, 0) is 0 Å². The first-order valence-electron chi connectivity index (χ1n) is 3.35. The molecule has 0 rings (SSSR count). The van der Waals surface area contributed by atoms with Gasteiger partial charge in [-0.1, -0.05) is 0 Å². The number of rotatable bonds is 4. The summed E-state index contributed by atoms with van der Waals surface area (Å²) >= 11 is 0. The molecule has 8 heteroatoms.